The second kappa shape index (κ2) is 4.26. The van der Waals surface area contributed by atoms with Crippen LogP contribution in [-0.2, 0) is 0 Å². The molecule has 2 aromatic rings. The Morgan fingerprint density at radius 3 is 2.19 bits per heavy atom. The quantitative estimate of drug-likeness (QED) is 0.765. The van der Waals surface area contributed by atoms with Crippen LogP contribution in [-0.4, -0.2) is 29.0 Å². The lowest BCUT2D eigenvalue weighted by molar-refractivity contribution is 0.999. The average molecular weight is 214 g/mol. The van der Waals surface area contributed by atoms with Gasteiger partial charge in [-0.15, -0.1) is 0 Å². The summed E-state index contributed by atoms with van der Waals surface area (Å²) in [7, 11) is 3.84. The minimum absolute atomic E-state index is 0.712. The summed E-state index contributed by atoms with van der Waals surface area (Å²) in [5.74, 6) is 0.712. The third-order valence-corrected chi connectivity index (χ3v) is 2.25. The third kappa shape index (κ3) is 2.16. The molecule has 0 amide bonds. The van der Waals surface area contributed by atoms with E-state index in [-0.39, 0.29) is 0 Å². The monoisotopic (exact) mass is 214 g/mol. The SMILES string of the molecule is Cc1cncc(-c2cnc(N(C)C)nc2)c1. The smallest absolute Gasteiger partial charge is 0.224 e. The highest BCUT2D eigenvalue weighted by Gasteiger charge is 2.02. The van der Waals surface area contributed by atoms with Crippen molar-refractivity contribution in [2.24, 2.45) is 0 Å². The van der Waals surface area contributed by atoms with E-state index in [1.807, 2.05) is 50.7 Å². The maximum Gasteiger partial charge on any atom is 0.224 e. The molecular formula is C12H14N4. The molecule has 0 aliphatic heterocycles. The third-order valence-electron chi connectivity index (χ3n) is 2.25. The number of aryl methyl sites for hydroxylation is 1. The van der Waals surface area contributed by atoms with Crippen molar-refractivity contribution in [1.29, 1.82) is 0 Å². The van der Waals surface area contributed by atoms with E-state index in [0.29, 0.717) is 5.95 Å². The first-order valence-corrected chi connectivity index (χ1v) is 5.08. The maximum atomic E-state index is 4.27. The summed E-state index contributed by atoms with van der Waals surface area (Å²) in [5, 5.41) is 0. The summed E-state index contributed by atoms with van der Waals surface area (Å²) < 4.78 is 0. The summed E-state index contributed by atoms with van der Waals surface area (Å²) in [6, 6.07) is 2.07. The fourth-order valence-electron chi connectivity index (χ4n) is 1.41. The predicted molar refractivity (Wildman–Crippen MR) is 64.3 cm³/mol. The van der Waals surface area contributed by atoms with E-state index >= 15 is 0 Å². The van der Waals surface area contributed by atoms with E-state index in [1.54, 1.807) is 0 Å². The number of hydrogen-bond donors (Lipinski definition) is 0. The maximum absolute atomic E-state index is 4.27. The van der Waals surface area contributed by atoms with Crippen molar-refractivity contribution in [3.63, 3.8) is 0 Å². The first kappa shape index (κ1) is 10.5. The van der Waals surface area contributed by atoms with Crippen molar-refractivity contribution in [1.82, 2.24) is 15.0 Å². The van der Waals surface area contributed by atoms with Gasteiger partial charge in [-0.2, -0.15) is 0 Å². The molecule has 0 bridgehead atoms. The van der Waals surface area contributed by atoms with Crippen molar-refractivity contribution >= 4 is 5.95 Å². The molecule has 0 saturated carbocycles. The summed E-state index contributed by atoms with van der Waals surface area (Å²) >= 11 is 0. The van der Waals surface area contributed by atoms with Gasteiger partial charge in [-0.3, -0.25) is 4.98 Å². The van der Waals surface area contributed by atoms with E-state index < -0.39 is 0 Å². The van der Waals surface area contributed by atoms with Crippen LogP contribution in [0.3, 0.4) is 0 Å². The molecule has 0 saturated heterocycles. The topological polar surface area (TPSA) is 41.9 Å². The summed E-state index contributed by atoms with van der Waals surface area (Å²) in [4.78, 5) is 14.6. The Bertz CT molecular complexity index is 477. The van der Waals surface area contributed by atoms with Gasteiger partial charge in [0.25, 0.3) is 0 Å². The van der Waals surface area contributed by atoms with Crippen LogP contribution in [0.25, 0.3) is 11.1 Å². The molecular weight excluding hydrogens is 200 g/mol. The van der Waals surface area contributed by atoms with Crippen LogP contribution < -0.4 is 4.90 Å². The fraction of sp³-hybridized carbons (Fsp3) is 0.250. The van der Waals surface area contributed by atoms with Gasteiger partial charge in [-0.25, -0.2) is 9.97 Å². The predicted octanol–water partition coefficient (Wildman–Crippen LogP) is 1.91. The molecule has 0 atom stereocenters. The van der Waals surface area contributed by atoms with E-state index in [4.69, 9.17) is 0 Å². The Kier molecular flexibility index (Phi) is 2.81. The molecule has 4 heteroatoms. The zero-order valence-electron chi connectivity index (χ0n) is 9.68. The van der Waals surface area contributed by atoms with Crippen molar-refractivity contribution in [3.8, 4) is 11.1 Å². The van der Waals surface area contributed by atoms with Gasteiger partial charge >= 0.3 is 0 Å². The van der Waals surface area contributed by atoms with E-state index in [0.717, 1.165) is 16.7 Å². The van der Waals surface area contributed by atoms with E-state index in [1.165, 1.54) is 0 Å². The van der Waals surface area contributed by atoms with Gasteiger partial charge in [0.2, 0.25) is 5.95 Å². The second-order valence-electron chi connectivity index (χ2n) is 3.92. The molecule has 0 radical (unpaired) electrons. The Morgan fingerprint density at radius 2 is 1.62 bits per heavy atom. The minimum Gasteiger partial charge on any atom is -0.347 e. The van der Waals surface area contributed by atoms with Crippen LogP contribution in [0.2, 0.25) is 0 Å². The number of aromatic nitrogens is 3. The number of pyridine rings is 1. The van der Waals surface area contributed by atoms with Gasteiger partial charge < -0.3 is 4.90 Å². The molecule has 4 nitrogen and oxygen atoms in total. The van der Waals surface area contributed by atoms with E-state index in [2.05, 4.69) is 21.0 Å². The van der Waals surface area contributed by atoms with Gasteiger partial charge in [0.15, 0.2) is 0 Å². The highest BCUT2D eigenvalue weighted by atomic mass is 15.2. The Hall–Kier alpha value is -1.97. The van der Waals surface area contributed by atoms with Crippen molar-refractivity contribution in [2.45, 2.75) is 6.92 Å². The fourth-order valence-corrected chi connectivity index (χ4v) is 1.41. The molecule has 2 heterocycles. The zero-order chi connectivity index (χ0) is 11.5. The van der Waals surface area contributed by atoms with Crippen LogP contribution in [0.15, 0.2) is 30.9 Å². The molecule has 0 aliphatic carbocycles. The standard InChI is InChI=1S/C12H14N4/c1-9-4-10(6-13-5-9)11-7-14-12(15-8-11)16(2)3/h4-8H,1-3H3. The Morgan fingerprint density at radius 1 is 0.938 bits per heavy atom. The zero-order valence-corrected chi connectivity index (χ0v) is 9.68. The average Bonchev–Trinajstić information content (AvgIpc) is 2.29. The summed E-state index contributed by atoms with van der Waals surface area (Å²) in [6.45, 7) is 2.02. The van der Waals surface area contributed by atoms with Gasteiger partial charge in [0.05, 0.1) is 0 Å². The van der Waals surface area contributed by atoms with Crippen LogP contribution in [0.4, 0.5) is 5.95 Å². The number of anilines is 1. The molecule has 82 valence electrons. The largest absolute Gasteiger partial charge is 0.347 e. The first-order valence-electron chi connectivity index (χ1n) is 5.08. The van der Waals surface area contributed by atoms with Gasteiger partial charge in [-0.1, -0.05) is 0 Å². The number of nitrogens with zero attached hydrogens (tertiary/aromatic N) is 4. The van der Waals surface area contributed by atoms with Gasteiger partial charge in [0, 0.05) is 50.0 Å². The minimum atomic E-state index is 0.712. The Balaban J connectivity index is 2.35. The van der Waals surface area contributed by atoms with Crippen LogP contribution in [0.1, 0.15) is 5.56 Å². The molecule has 2 rings (SSSR count). The van der Waals surface area contributed by atoms with Crippen molar-refractivity contribution in [2.75, 3.05) is 19.0 Å². The van der Waals surface area contributed by atoms with Crippen LogP contribution >= 0.6 is 0 Å². The second-order valence-corrected chi connectivity index (χ2v) is 3.92. The molecule has 0 fully saturated rings. The lowest BCUT2D eigenvalue weighted by Gasteiger charge is -2.09. The highest BCUT2D eigenvalue weighted by Crippen LogP contribution is 2.18. The van der Waals surface area contributed by atoms with Crippen LogP contribution in [0, 0.1) is 6.92 Å². The molecule has 0 spiro atoms. The summed E-state index contributed by atoms with van der Waals surface area (Å²) in [6.07, 6.45) is 7.29. The summed E-state index contributed by atoms with van der Waals surface area (Å²) in [5.41, 5.74) is 3.17. The Labute approximate surface area is 95.0 Å². The first-order chi connectivity index (χ1) is 7.66. The van der Waals surface area contributed by atoms with Gasteiger partial charge in [-0.05, 0) is 18.6 Å². The molecule has 2 aromatic heterocycles. The normalized spacial score (nSPS) is 10.2. The van der Waals surface area contributed by atoms with Crippen molar-refractivity contribution < 1.29 is 0 Å². The highest BCUT2D eigenvalue weighted by molar-refractivity contribution is 5.61. The molecule has 0 aliphatic rings. The van der Waals surface area contributed by atoms with Crippen molar-refractivity contribution in [3.05, 3.63) is 36.4 Å². The molecule has 0 N–H and O–H groups in total. The van der Waals surface area contributed by atoms with Crippen LogP contribution in [0.5, 0.6) is 0 Å². The lowest BCUT2D eigenvalue weighted by Crippen LogP contribution is -2.12. The molecule has 0 unspecified atom stereocenters. The number of rotatable bonds is 2. The van der Waals surface area contributed by atoms with E-state index in [9.17, 15) is 0 Å². The van der Waals surface area contributed by atoms with Gasteiger partial charge in [0.1, 0.15) is 0 Å². The number of hydrogen-bond acceptors (Lipinski definition) is 4. The molecule has 0 aromatic carbocycles. The molecule has 16 heavy (non-hydrogen) atoms. The lowest BCUT2D eigenvalue weighted by atomic mass is 10.1.